The molecule has 3 unspecified atom stereocenters. The van der Waals surface area contributed by atoms with Crippen molar-refractivity contribution in [2.24, 2.45) is 0 Å². The van der Waals surface area contributed by atoms with Crippen molar-refractivity contribution < 1.29 is 9.90 Å². The molecule has 2 rings (SSSR count). The Balaban J connectivity index is 1.92. The number of aliphatic hydroxyl groups excluding tert-OH is 1. The van der Waals surface area contributed by atoms with Crippen LogP contribution >= 0.6 is 0 Å². The smallest absolute Gasteiger partial charge is 0.240 e. The van der Waals surface area contributed by atoms with Crippen molar-refractivity contribution in [3.63, 3.8) is 0 Å². The number of hydrogen-bond acceptors (Lipinski definition) is 3. The van der Waals surface area contributed by atoms with Gasteiger partial charge in [0, 0.05) is 0 Å². The van der Waals surface area contributed by atoms with Crippen LogP contribution in [0.2, 0.25) is 0 Å². The lowest BCUT2D eigenvalue weighted by Gasteiger charge is -2.28. The molecule has 1 aliphatic carbocycles. The maximum absolute atomic E-state index is 12.2. The van der Waals surface area contributed by atoms with Crippen LogP contribution in [0.15, 0.2) is 0 Å². The zero-order valence-electron chi connectivity index (χ0n) is 10.7. The van der Waals surface area contributed by atoms with E-state index in [0.717, 1.165) is 45.1 Å². The molecular formula is C13H24N2O2. The summed E-state index contributed by atoms with van der Waals surface area (Å²) in [6.45, 7) is 2.87. The first-order valence-corrected chi connectivity index (χ1v) is 6.86. The maximum atomic E-state index is 12.2. The first-order chi connectivity index (χ1) is 8.12. The van der Waals surface area contributed by atoms with E-state index in [1.807, 2.05) is 6.92 Å². The minimum Gasteiger partial charge on any atom is -0.391 e. The Kier molecular flexibility index (Phi) is 4.05. The van der Waals surface area contributed by atoms with Crippen LogP contribution in [-0.4, -0.2) is 35.2 Å². The maximum Gasteiger partial charge on any atom is 0.240 e. The molecule has 3 atom stereocenters. The highest BCUT2D eigenvalue weighted by Crippen LogP contribution is 2.22. The van der Waals surface area contributed by atoms with Crippen molar-refractivity contribution in [1.29, 1.82) is 0 Å². The summed E-state index contributed by atoms with van der Waals surface area (Å²) in [5, 5.41) is 16.3. The molecule has 0 bridgehead atoms. The fourth-order valence-electron chi connectivity index (χ4n) is 2.87. The third-order valence-electron chi connectivity index (χ3n) is 4.17. The molecular weight excluding hydrogens is 216 g/mol. The van der Waals surface area contributed by atoms with E-state index in [9.17, 15) is 9.90 Å². The average Bonchev–Trinajstić information content (AvgIpc) is 2.65. The van der Waals surface area contributed by atoms with E-state index in [2.05, 4.69) is 10.6 Å². The van der Waals surface area contributed by atoms with Gasteiger partial charge in [-0.3, -0.25) is 4.79 Å². The van der Waals surface area contributed by atoms with Gasteiger partial charge in [-0.1, -0.05) is 19.3 Å². The number of rotatable bonds is 2. The quantitative estimate of drug-likeness (QED) is 0.629. The summed E-state index contributed by atoms with van der Waals surface area (Å²) >= 11 is 0. The zero-order valence-corrected chi connectivity index (χ0v) is 10.7. The van der Waals surface area contributed by atoms with Crippen molar-refractivity contribution in [3.8, 4) is 0 Å². The Morgan fingerprint density at radius 3 is 2.76 bits per heavy atom. The van der Waals surface area contributed by atoms with Gasteiger partial charge in [-0.05, 0) is 39.2 Å². The first-order valence-electron chi connectivity index (χ1n) is 6.86. The minimum atomic E-state index is -0.425. The Hall–Kier alpha value is -0.610. The number of amides is 1. The predicted octanol–water partition coefficient (Wildman–Crippen LogP) is 0.938. The normalized spacial score (nSPS) is 38.7. The first kappa shape index (κ1) is 12.8. The average molecular weight is 240 g/mol. The van der Waals surface area contributed by atoms with Crippen molar-refractivity contribution >= 4 is 5.91 Å². The molecule has 2 aliphatic rings. The van der Waals surface area contributed by atoms with E-state index in [0.29, 0.717) is 0 Å². The van der Waals surface area contributed by atoms with Crippen molar-refractivity contribution in [3.05, 3.63) is 0 Å². The molecule has 0 aromatic heterocycles. The SMILES string of the molecule is CC1(C(=O)NC2CCCCCC2O)CCCN1. The van der Waals surface area contributed by atoms with Crippen molar-refractivity contribution in [1.82, 2.24) is 10.6 Å². The summed E-state index contributed by atoms with van der Waals surface area (Å²) < 4.78 is 0. The second-order valence-corrected chi connectivity index (χ2v) is 5.65. The summed E-state index contributed by atoms with van der Waals surface area (Å²) in [5.74, 6) is 0.0564. The van der Waals surface area contributed by atoms with E-state index in [4.69, 9.17) is 0 Å². The second-order valence-electron chi connectivity index (χ2n) is 5.65. The van der Waals surface area contributed by atoms with Crippen LogP contribution in [0.4, 0.5) is 0 Å². The third-order valence-corrected chi connectivity index (χ3v) is 4.17. The molecule has 3 N–H and O–H groups in total. The number of nitrogens with one attached hydrogen (secondary N) is 2. The summed E-state index contributed by atoms with van der Waals surface area (Å²) in [5.41, 5.74) is -0.425. The summed E-state index contributed by atoms with van der Waals surface area (Å²) in [6, 6.07) is -0.0516. The van der Waals surface area contributed by atoms with Gasteiger partial charge in [0.2, 0.25) is 5.91 Å². The van der Waals surface area contributed by atoms with Gasteiger partial charge in [0.25, 0.3) is 0 Å². The van der Waals surface area contributed by atoms with Gasteiger partial charge in [-0.25, -0.2) is 0 Å². The van der Waals surface area contributed by atoms with Gasteiger partial charge in [-0.15, -0.1) is 0 Å². The molecule has 0 aromatic rings. The Bertz CT molecular complexity index is 275. The van der Waals surface area contributed by atoms with Crippen LogP contribution in [0.5, 0.6) is 0 Å². The molecule has 0 aromatic carbocycles. The lowest BCUT2D eigenvalue weighted by molar-refractivity contribution is -0.128. The second kappa shape index (κ2) is 5.36. The Morgan fingerprint density at radius 1 is 1.29 bits per heavy atom. The van der Waals surface area contributed by atoms with Crippen LogP contribution < -0.4 is 10.6 Å². The molecule has 1 saturated heterocycles. The molecule has 4 heteroatoms. The molecule has 0 spiro atoms. The molecule has 1 saturated carbocycles. The van der Waals surface area contributed by atoms with Gasteiger partial charge < -0.3 is 15.7 Å². The monoisotopic (exact) mass is 240 g/mol. The topological polar surface area (TPSA) is 61.4 Å². The molecule has 0 radical (unpaired) electrons. The van der Waals surface area contributed by atoms with Crippen LogP contribution in [0.3, 0.4) is 0 Å². The van der Waals surface area contributed by atoms with E-state index >= 15 is 0 Å². The van der Waals surface area contributed by atoms with E-state index in [-0.39, 0.29) is 18.1 Å². The number of carbonyl (C=O) groups excluding carboxylic acids is 1. The largest absolute Gasteiger partial charge is 0.391 e. The van der Waals surface area contributed by atoms with Gasteiger partial charge in [-0.2, -0.15) is 0 Å². The van der Waals surface area contributed by atoms with Crippen molar-refractivity contribution in [2.75, 3.05) is 6.54 Å². The van der Waals surface area contributed by atoms with Crippen LogP contribution in [0.25, 0.3) is 0 Å². The van der Waals surface area contributed by atoms with E-state index in [1.54, 1.807) is 0 Å². The third kappa shape index (κ3) is 2.99. The number of carbonyl (C=O) groups is 1. The molecule has 1 amide bonds. The number of aliphatic hydroxyl groups is 1. The molecule has 17 heavy (non-hydrogen) atoms. The summed E-state index contributed by atoms with van der Waals surface area (Å²) in [6.07, 6.45) is 6.64. The predicted molar refractivity (Wildman–Crippen MR) is 66.7 cm³/mol. The highest BCUT2D eigenvalue weighted by atomic mass is 16.3. The Labute approximate surface area is 103 Å². The summed E-state index contributed by atoms with van der Waals surface area (Å²) in [4.78, 5) is 12.2. The fraction of sp³-hybridized carbons (Fsp3) is 0.923. The van der Waals surface area contributed by atoms with E-state index < -0.39 is 5.54 Å². The fourth-order valence-corrected chi connectivity index (χ4v) is 2.87. The molecule has 1 heterocycles. The van der Waals surface area contributed by atoms with Gasteiger partial charge >= 0.3 is 0 Å². The minimum absolute atomic E-state index is 0.0516. The van der Waals surface area contributed by atoms with Gasteiger partial charge in [0.05, 0.1) is 17.7 Å². The number of hydrogen-bond donors (Lipinski definition) is 3. The molecule has 4 nitrogen and oxygen atoms in total. The zero-order chi connectivity index (χ0) is 12.3. The van der Waals surface area contributed by atoms with Crippen molar-refractivity contribution in [2.45, 2.75) is 69.6 Å². The molecule has 2 fully saturated rings. The lowest BCUT2D eigenvalue weighted by atomic mass is 9.97. The van der Waals surface area contributed by atoms with Crippen LogP contribution in [-0.2, 0) is 4.79 Å². The molecule has 1 aliphatic heterocycles. The Morgan fingerprint density at radius 2 is 2.06 bits per heavy atom. The standard InChI is InChI=1S/C13H24N2O2/c1-13(8-5-9-14-13)12(17)15-10-6-3-2-4-7-11(10)16/h10-11,14,16H,2-9H2,1H3,(H,15,17). The van der Waals surface area contributed by atoms with Gasteiger partial charge in [0.1, 0.15) is 0 Å². The molecule has 98 valence electrons. The highest BCUT2D eigenvalue weighted by Gasteiger charge is 2.37. The lowest BCUT2D eigenvalue weighted by Crippen LogP contribution is -2.55. The van der Waals surface area contributed by atoms with E-state index in [1.165, 1.54) is 6.42 Å². The van der Waals surface area contributed by atoms with Crippen LogP contribution in [0, 0.1) is 0 Å². The summed E-state index contributed by atoms with van der Waals surface area (Å²) in [7, 11) is 0. The highest BCUT2D eigenvalue weighted by molar-refractivity contribution is 5.86. The van der Waals surface area contributed by atoms with Crippen LogP contribution in [0.1, 0.15) is 51.9 Å². The van der Waals surface area contributed by atoms with Gasteiger partial charge in [0.15, 0.2) is 0 Å².